The van der Waals surface area contributed by atoms with Crippen molar-refractivity contribution in [1.29, 1.82) is 0 Å². The lowest BCUT2D eigenvalue weighted by Crippen LogP contribution is -1.97. The predicted octanol–water partition coefficient (Wildman–Crippen LogP) is 15.7. The first-order valence-electron chi connectivity index (χ1n) is 19.7. The number of fused-ring (bicyclic) bond motifs is 7. The molecule has 0 fully saturated rings. The molecule has 0 aliphatic heterocycles. The lowest BCUT2D eigenvalue weighted by atomic mass is 9.84. The highest BCUT2D eigenvalue weighted by molar-refractivity contribution is 6.24. The fourth-order valence-electron chi connectivity index (χ4n) is 9.08. The van der Waals surface area contributed by atoms with Crippen LogP contribution in [0, 0.1) is 0 Å². The number of hydrogen-bond acceptors (Lipinski definition) is 0. The van der Waals surface area contributed by atoms with Gasteiger partial charge in [0.1, 0.15) is 0 Å². The molecule has 0 amide bonds. The van der Waals surface area contributed by atoms with Crippen LogP contribution in [-0.2, 0) is 0 Å². The van der Waals surface area contributed by atoms with Crippen LogP contribution in [-0.4, -0.2) is 0 Å². The minimum atomic E-state index is 0.364. The van der Waals surface area contributed by atoms with Gasteiger partial charge >= 0.3 is 0 Å². The summed E-state index contributed by atoms with van der Waals surface area (Å²) in [5.41, 5.74) is 11.3. The third-order valence-electron chi connectivity index (χ3n) is 12.0. The monoisotopic (exact) mass is 710 g/mol. The van der Waals surface area contributed by atoms with E-state index < -0.39 is 0 Å². The molecule has 1 aliphatic rings. The Morgan fingerprint density at radius 2 is 0.929 bits per heavy atom. The van der Waals surface area contributed by atoms with Gasteiger partial charge in [-0.25, -0.2) is 0 Å². The molecule has 56 heavy (non-hydrogen) atoms. The average Bonchev–Trinajstić information content (AvgIpc) is 3.28. The van der Waals surface area contributed by atoms with Gasteiger partial charge in [-0.1, -0.05) is 182 Å². The van der Waals surface area contributed by atoms with Crippen LogP contribution in [0.15, 0.2) is 212 Å². The van der Waals surface area contributed by atoms with Crippen molar-refractivity contribution in [3.63, 3.8) is 0 Å². The zero-order valence-electron chi connectivity index (χ0n) is 31.0. The van der Waals surface area contributed by atoms with Crippen molar-refractivity contribution in [1.82, 2.24) is 0 Å². The summed E-state index contributed by atoms with van der Waals surface area (Å²) in [6, 6.07) is 70.1. The lowest BCUT2D eigenvalue weighted by molar-refractivity contribution is 0.855. The van der Waals surface area contributed by atoms with E-state index in [1.165, 1.54) is 104 Å². The molecule has 0 spiro atoms. The number of rotatable bonds is 5. The second kappa shape index (κ2) is 13.4. The van der Waals surface area contributed by atoms with Gasteiger partial charge < -0.3 is 0 Å². The zero-order valence-corrected chi connectivity index (χ0v) is 31.0. The quantitative estimate of drug-likeness (QED) is 0.156. The molecule has 0 bridgehead atoms. The summed E-state index contributed by atoms with van der Waals surface area (Å²) in [6.45, 7) is 0. The van der Waals surface area contributed by atoms with E-state index in [4.69, 9.17) is 0 Å². The SMILES string of the molecule is C1=CCC(c2ccc3c(c2)c(-c2ccc(-c4cccc5ccccc45)cc2)cc2c4ccc(-c5ccccc5)cc4c(-c4ccc5ccccc5c4)cc32)C=C1. The van der Waals surface area contributed by atoms with Gasteiger partial charge in [-0.3, -0.25) is 0 Å². The summed E-state index contributed by atoms with van der Waals surface area (Å²) in [4.78, 5) is 0. The second-order valence-corrected chi connectivity index (χ2v) is 15.2. The van der Waals surface area contributed by atoms with Gasteiger partial charge in [0, 0.05) is 5.92 Å². The van der Waals surface area contributed by atoms with Gasteiger partial charge in [0.25, 0.3) is 0 Å². The van der Waals surface area contributed by atoms with E-state index in [2.05, 4.69) is 212 Å². The van der Waals surface area contributed by atoms with Crippen LogP contribution < -0.4 is 0 Å². The zero-order chi connectivity index (χ0) is 37.0. The van der Waals surface area contributed by atoms with Crippen molar-refractivity contribution in [3.8, 4) is 44.5 Å². The Labute approximate surface area is 327 Å². The number of benzene rings is 10. The van der Waals surface area contributed by atoms with Crippen LogP contribution in [0.25, 0.3) is 98.4 Å². The fourth-order valence-corrected chi connectivity index (χ4v) is 9.08. The summed E-state index contributed by atoms with van der Waals surface area (Å²) < 4.78 is 0. The molecule has 0 aromatic heterocycles. The maximum absolute atomic E-state index is 2.47. The average molecular weight is 711 g/mol. The highest BCUT2D eigenvalue weighted by Gasteiger charge is 2.18. The molecule has 0 saturated carbocycles. The second-order valence-electron chi connectivity index (χ2n) is 15.2. The third-order valence-corrected chi connectivity index (χ3v) is 12.0. The highest BCUT2D eigenvalue weighted by atomic mass is 14.2. The first-order valence-corrected chi connectivity index (χ1v) is 19.7. The lowest BCUT2D eigenvalue weighted by Gasteiger charge is -2.19. The largest absolute Gasteiger partial charge is 0.0836 e. The van der Waals surface area contributed by atoms with E-state index in [1.54, 1.807) is 0 Å². The number of allylic oxidation sites excluding steroid dienone is 4. The molecule has 0 N–H and O–H groups in total. The van der Waals surface area contributed by atoms with Gasteiger partial charge in [0.2, 0.25) is 0 Å². The summed E-state index contributed by atoms with van der Waals surface area (Å²) in [5, 5.41) is 12.7. The molecule has 0 nitrogen and oxygen atoms in total. The molecule has 10 aromatic rings. The van der Waals surface area contributed by atoms with Crippen LogP contribution in [0.3, 0.4) is 0 Å². The van der Waals surface area contributed by atoms with Crippen molar-refractivity contribution >= 4 is 53.9 Å². The maximum Gasteiger partial charge on any atom is 0.00559 e. The van der Waals surface area contributed by atoms with Gasteiger partial charge in [-0.05, 0) is 141 Å². The first kappa shape index (κ1) is 32.4. The minimum Gasteiger partial charge on any atom is -0.0836 e. The summed E-state index contributed by atoms with van der Waals surface area (Å²) in [7, 11) is 0. The Balaban J connectivity index is 1.18. The normalized spacial score (nSPS) is 14.0. The Hall–Kier alpha value is -7.02. The van der Waals surface area contributed by atoms with E-state index in [9.17, 15) is 0 Å². The molecule has 10 aromatic carbocycles. The Morgan fingerprint density at radius 1 is 0.304 bits per heavy atom. The van der Waals surface area contributed by atoms with Crippen LogP contribution in [0.1, 0.15) is 17.9 Å². The first-order chi connectivity index (χ1) is 27.7. The van der Waals surface area contributed by atoms with Crippen molar-refractivity contribution in [2.24, 2.45) is 0 Å². The van der Waals surface area contributed by atoms with Crippen molar-refractivity contribution in [2.45, 2.75) is 12.3 Å². The molecule has 0 radical (unpaired) electrons. The van der Waals surface area contributed by atoms with E-state index in [0.717, 1.165) is 6.42 Å². The fraction of sp³-hybridized carbons (Fsp3) is 0.0357. The van der Waals surface area contributed by atoms with Gasteiger partial charge in [-0.15, -0.1) is 0 Å². The minimum absolute atomic E-state index is 0.364. The van der Waals surface area contributed by atoms with Crippen LogP contribution in [0.4, 0.5) is 0 Å². The molecular weight excluding hydrogens is 673 g/mol. The highest BCUT2D eigenvalue weighted by Crippen LogP contribution is 2.44. The molecule has 1 aliphatic carbocycles. The number of hydrogen-bond donors (Lipinski definition) is 0. The van der Waals surface area contributed by atoms with Crippen LogP contribution >= 0.6 is 0 Å². The van der Waals surface area contributed by atoms with Gasteiger partial charge in [0.05, 0.1) is 0 Å². The molecule has 262 valence electrons. The van der Waals surface area contributed by atoms with Crippen molar-refractivity contribution in [2.75, 3.05) is 0 Å². The molecule has 0 heterocycles. The Bertz CT molecular complexity index is 3190. The van der Waals surface area contributed by atoms with Gasteiger partial charge in [-0.2, -0.15) is 0 Å². The van der Waals surface area contributed by atoms with Crippen LogP contribution in [0.5, 0.6) is 0 Å². The Kier molecular flexibility index (Phi) is 7.74. The molecule has 0 heteroatoms. The molecule has 1 unspecified atom stereocenters. The molecular formula is C56H38. The summed E-state index contributed by atoms with van der Waals surface area (Å²) in [6.07, 6.45) is 10.0. The Morgan fingerprint density at radius 3 is 1.71 bits per heavy atom. The van der Waals surface area contributed by atoms with E-state index >= 15 is 0 Å². The predicted molar refractivity (Wildman–Crippen MR) is 241 cm³/mol. The third kappa shape index (κ3) is 5.53. The molecule has 11 rings (SSSR count). The van der Waals surface area contributed by atoms with Gasteiger partial charge in [0.15, 0.2) is 0 Å². The van der Waals surface area contributed by atoms with E-state index in [0.29, 0.717) is 5.92 Å². The standard InChI is InChI=1S/C56H38/c1-3-12-37(13-4-1)44-28-30-49-53(33-44)51(42-25-23-41(24-26-42)48-21-11-19-40-17-9-10-20-47(40)48)35-55-50-31-29-45(38-14-5-2-6-15-38)34-54(50)52(36-56(49)55)46-27-22-39-16-7-8-18-43(39)32-46/h1-12,14-37H,13H2. The molecule has 0 saturated heterocycles. The van der Waals surface area contributed by atoms with Crippen LogP contribution in [0.2, 0.25) is 0 Å². The van der Waals surface area contributed by atoms with E-state index in [-0.39, 0.29) is 0 Å². The molecule has 1 atom stereocenters. The van der Waals surface area contributed by atoms with Crippen molar-refractivity contribution in [3.05, 3.63) is 218 Å². The van der Waals surface area contributed by atoms with E-state index in [1.807, 2.05) is 0 Å². The van der Waals surface area contributed by atoms with Crippen molar-refractivity contribution < 1.29 is 0 Å². The summed E-state index contributed by atoms with van der Waals surface area (Å²) >= 11 is 0. The maximum atomic E-state index is 2.47. The topological polar surface area (TPSA) is 0 Å². The smallest absolute Gasteiger partial charge is 0.00559 e. The summed E-state index contributed by atoms with van der Waals surface area (Å²) in [5.74, 6) is 0.364.